The summed E-state index contributed by atoms with van der Waals surface area (Å²) >= 11 is 5.89. The zero-order valence-corrected chi connectivity index (χ0v) is 17.6. The summed E-state index contributed by atoms with van der Waals surface area (Å²) in [5.41, 5.74) is 1.41. The van der Waals surface area contributed by atoms with Crippen LogP contribution < -0.4 is 5.32 Å². The van der Waals surface area contributed by atoms with Gasteiger partial charge in [0.25, 0.3) is 0 Å². The summed E-state index contributed by atoms with van der Waals surface area (Å²) in [6.07, 6.45) is 1.30. The third-order valence-electron chi connectivity index (χ3n) is 4.00. The summed E-state index contributed by atoms with van der Waals surface area (Å²) in [4.78, 5) is 24.1. The predicted molar refractivity (Wildman–Crippen MR) is 106 cm³/mol. The van der Waals surface area contributed by atoms with Crippen LogP contribution in [0.2, 0.25) is 5.02 Å². The fourth-order valence-corrected chi connectivity index (χ4v) is 3.93. The number of ether oxygens (including phenoxy) is 1. The second kappa shape index (κ2) is 8.76. The Morgan fingerprint density at radius 1 is 1.29 bits per heavy atom. The van der Waals surface area contributed by atoms with Crippen molar-refractivity contribution < 1.29 is 22.7 Å². The topological polar surface area (TPSA) is 97.7 Å². The molecule has 0 saturated heterocycles. The first-order valence-corrected chi connectivity index (χ1v) is 10.2. The Labute approximate surface area is 169 Å². The van der Waals surface area contributed by atoms with Crippen molar-refractivity contribution in [2.24, 2.45) is 7.05 Å². The van der Waals surface area contributed by atoms with Gasteiger partial charge < -0.3 is 14.6 Å². The van der Waals surface area contributed by atoms with Gasteiger partial charge in [-0.1, -0.05) is 11.6 Å². The van der Waals surface area contributed by atoms with Crippen LogP contribution in [0.5, 0.6) is 0 Å². The molecule has 1 N–H and O–H groups in total. The van der Waals surface area contributed by atoms with Crippen LogP contribution in [0.1, 0.15) is 23.0 Å². The first-order valence-electron chi connectivity index (χ1n) is 8.42. The smallest absolute Gasteiger partial charge is 0.354 e. The van der Waals surface area contributed by atoms with Crippen molar-refractivity contribution in [2.75, 3.05) is 25.5 Å². The molecular formula is C18H22ClN3O5S. The highest BCUT2D eigenvalue weighted by Crippen LogP contribution is 2.21. The molecule has 0 aliphatic heterocycles. The molecule has 1 aromatic heterocycles. The van der Waals surface area contributed by atoms with E-state index in [1.165, 1.54) is 23.9 Å². The molecule has 1 heterocycles. The van der Waals surface area contributed by atoms with Gasteiger partial charge in [-0.15, -0.1) is 0 Å². The fraction of sp³-hybridized carbons (Fsp3) is 0.333. The summed E-state index contributed by atoms with van der Waals surface area (Å²) in [6.45, 7) is 3.22. The van der Waals surface area contributed by atoms with Crippen molar-refractivity contribution in [1.82, 2.24) is 8.87 Å². The molecule has 0 aliphatic carbocycles. The summed E-state index contributed by atoms with van der Waals surface area (Å²) in [5.74, 6) is -1.12. The van der Waals surface area contributed by atoms with E-state index < -0.39 is 28.4 Å². The molecule has 0 fully saturated rings. The number of halogens is 1. The Kier molecular flexibility index (Phi) is 6.87. The van der Waals surface area contributed by atoms with Crippen LogP contribution in [0.25, 0.3) is 0 Å². The van der Waals surface area contributed by atoms with Gasteiger partial charge in [-0.25, -0.2) is 13.2 Å². The monoisotopic (exact) mass is 427 g/mol. The number of anilines is 1. The molecule has 2 aromatic rings. The van der Waals surface area contributed by atoms with Crippen molar-refractivity contribution >= 4 is 39.2 Å². The number of sulfonamides is 1. The zero-order chi connectivity index (χ0) is 21.1. The average Bonchev–Trinajstić information content (AvgIpc) is 3.00. The minimum Gasteiger partial charge on any atom is -0.461 e. The molecule has 0 unspecified atom stereocenters. The quantitative estimate of drug-likeness (QED) is 0.684. The number of nitrogens with zero attached hydrogens (tertiary/aromatic N) is 2. The maximum Gasteiger partial charge on any atom is 0.354 e. The van der Waals surface area contributed by atoms with Crippen LogP contribution in [0.3, 0.4) is 0 Å². The highest BCUT2D eigenvalue weighted by molar-refractivity contribution is 7.89. The number of carbonyl (C=O) groups is 2. The zero-order valence-electron chi connectivity index (χ0n) is 16.0. The van der Waals surface area contributed by atoms with Crippen molar-refractivity contribution in [3.05, 3.63) is 46.7 Å². The maximum absolute atomic E-state index is 12.7. The number of amides is 1. The fourth-order valence-electron chi connectivity index (χ4n) is 2.51. The lowest BCUT2D eigenvalue weighted by molar-refractivity contribution is -0.116. The van der Waals surface area contributed by atoms with Gasteiger partial charge in [0.05, 0.1) is 13.2 Å². The molecule has 2 rings (SSSR count). The second-order valence-electron chi connectivity index (χ2n) is 6.16. The van der Waals surface area contributed by atoms with Gasteiger partial charge in [0.1, 0.15) is 10.6 Å². The summed E-state index contributed by atoms with van der Waals surface area (Å²) in [5, 5.41) is 3.20. The lowest BCUT2D eigenvalue weighted by Crippen LogP contribution is -2.35. The predicted octanol–water partition coefficient (Wildman–Crippen LogP) is 2.42. The van der Waals surface area contributed by atoms with Crippen LogP contribution in [0.15, 0.2) is 35.4 Å². The van der Waals surface area contributed by atoms with Crippen LogP contribution in [0.4, 0.5) is 5.69 Å². The van der Waals surface area contributed by atoms with Crippen LogP contribution >= 0.6 is 11.6 Å². The molecule has 8 nitrogen and oxygen atoms in total. The molecule has 0 saturated carbocycles. The third kappa shape index (κ3) is 4.92. The van der Waals surface area contributed by atoms with Gasteiger partial charge >= 0.3 is 5.97 Å². The molecule has 28 heavy (non-hydrogen) atoms. The largest absolute Gasteiger partial charge is 0.461 e. The summed E-state index contributed by atoms with van der Waals surface area (Å²) in [7, 11) is -1.14. The average molecular weight is 428 g/mol. The van der Waals surface area contributed by atoms with E-state index in [9.17, 15) is 18.0 Å². The highest BCUT2D eigenvalue weighted by atomic mass is 35.5. The second-order valence-corrected chi connectivity index (χ2v) is 8.64. The normalized spacial score (nSPS) is 11.5. The van der Waals surface area contributed by atoms with Gasteiger partial charge in [0, 0.05) is 31.0 Å². The van der Waals surface area contributed by atoms with Gasteiger partial charge in [0.15, 0.2) is 0 Å². The molecule has 152 valence electrons. The number of aromatic nitrogens is 1. The number of hydrogen-bond acceptors (Lipinski definition) is 5. The Morgan fingerprint density at radius 2 is 1.96 bits per heavy atom. The molecular weight excluding hydrogens is 406 g/mol. The Bertz CT molecular complexity index is 1000. The molecule has 0 spiro atoms. The van der Waals surface area contributed by atoms with E-state index >= 15 is 0 Å². The van der Waals surface area contributed by atoms with E-state index in [1.54, 1.807) is 39.1 Å². The Balaban J connectivity index is 2.14. The molecule has 1 aromatic carbocycles. The van der Waals surface area contributed by atoms with Crippen LogP contribution in [0, 0.1) is 6.92 Å². The highest BCUT2D eigenvalue weighted by Gasteiger charge is 2.26. The SMILES string of the molecule is CCOC(=O)c1cc(S(=O)(=O)N(C)CC(=O)Nc2ccc(Cl)cc2C)cn1C. The van der Waals surface area contributed by atoms with Crippen molar-refractivity contribution in [2.45, 2.75) is 18.7 Å². The third-order valence-corrected chi connectivity index (χ3v) is 6.01. The van der Waals surface area contributed by atoms with Gasteiger partial charge in [0.2, 0.25) is 15.9 Å². The Morgan fingerprint density at radius 3 is 2.57 bits per heavy atom. The number of esters is 1. The standard InChI is InChI=1S/C18H22ClN3O5S/c1-5-27-18(24)16-9-14(10-21(16)3)28(25,26)22(4)11-17(23)20-15-7-6-13(19)8-12(15)2/h6-10H,5,11H2,1-4H3,(H,20,23). The van der Waals surface area contributed by atoms with Crippen molar-refractivity contribution in [1.29, 1.82) is 0 Å². The van der Waals surface area contributed by atoms with Gasteiger partial charge in [-0.2, -0.15) is 4.31 Å². The minimum absolute atomic E-state index is 0.101. The van der Waals surface area contributed by atoms with Crippen molar-refractivity contribution in [3.63, 3.8) is 0 Å². The minimum atomic E-state index is -3.97. The molecule has 1 amide bonds. The van der Waals surface area contributed by atoms with Crippen LogP contribution in [-0.4, -0.2) is 49.4 Å². The van der Waals surface area contributed by atoms with E-state index in [2.05, 4.69) is 5.32 Å². The maximum atomic E-state index is 12.7. The van der Waals surface area contributed by atoms with E-state index in [0.717, 1.165) is 9.87 Å². The Hall–Kier alpha value is -2.36. The molecule has 0 aliphatic rings. The molecule has 0 bridgehead atoms. The van der Waals surface area contributed by atoms with E-state index in [1.807, 2.05) is 0 Å². The number of aryl methyl sites for hydroxylation is 2. The van der Waals surface area contributed by atoms with Crippen molar-refractivity contribution in [3.8, 4) is 0 Å². The number of nitrogens with one attached hydrogen (secondary N) is 1. The lowest BCUT2D eigenvalue weighted by Gasteiger charge is -2.16. The van der Waals surface area contributed by atoms with E-state index in [0.29, 0.717) is 10.7 Å². The first kappa shape index (κ1) is 21.9. The molecule has 0 radical (unpaired) electrons. The van der Waals surface area contributed by atoms with E-state index in [4.69, 9.17) is 16.3 Å². The van der Waals surface area contributed by atoms with Crippen LogP contribution in [-0.2, 0) is 26.6 Å². The number of carbonyl (C=O) groups excluding carboxylic acids is 2. The lowest BCUT2D eigenvalue weighted by atomic mass is 10.2. The number of hydrogen-bond donors (Lipinski definition) is 1. The first-order chi connectivity index (χ1) is 13.1. The van der Waals surface area contributed by atoms with Gasteiger partial charge in [-0.05, 0) is 43.7 Å². The number of benzene rings is 1. The summed E-state index contributed by atoms with van der Waals surface area (Å²) < 4.78 is 32.7. The summed E-state index contributed by atoms with van der Waals surface area (Å²) in [6, 6.07) is 6.20. The number of rotatable bonds is 7. The van der Waals surface area contributed by atoms with E-state index in [-0.39, 0.29) is 17.2 Å². The number of likely N-dealkylation sites (N-methyl/N-ethyl adjacent to an activating group) is 1. The molecule has 0 atom stereocenters. The molecule has 10 heteroatoms. The van der Waals surface area contributed by atoms with Gasteiger partial charge in [-0.3, -0.25) is 4.79 Å².